The van der Waals surface area contributed by atoms with Crippen molar-refractivity contribution in [1.29, 1.82) is 0 Å². The topological polar surface area (TPSA) is 50.9 Å². The molecule has 6 heteroatoms. The molecular weight excluding hydrogens is 294 g/mol. The molecule has 19 heavy (non-hydrogen) atoms. The molecule has 0 aliphatic carbocycles. The molecule has 0 aromatic carbocycles. The highest BCUT2D eigenvalue weighted by molar-refractivity contribution is 8.06. The quantitative estimate of drug-likeness (QED) is 0.833. The summed E-state index contributed by atoms with van der Waals surface area (Å²) in [5.41, 5.74) is 8.78. The predicted molar refractivity (Wildman–Crippen MR) is 91.7 cm³/mol. The van der Waals surface area contributed by atoms with Gasteiger partial charge in [0, 0.05) is 34.7 Å². The molecule has 1 atom stereocenters. The predicted octanol–water partition coefficient (Wildman–Crippen LogP) is 2.59. The number of anilines is 1. The lowest BCUT2D eigenvalue weighted by Crippen LogP contribution is -2.25. The Kier molecular flexibility index (Phi) is 5.36. The molecule has 104 valence electrons. The lowest BCUT2D eigenvalue weighted by molar-refractivity contribution is 0.985. The van der Waals surface area contributed by atoms with Crippen molar-refractivity contribution in [3.8, 4) is 0 Å². The van der Waals surface area contributed by atoms with Crippen molar-refractivity contribution in [1.82, 2.24) is 4.98 Å². The largest absolute Gasteiger partial charge is 0.389 e. The van der Waals surface area contributed by atoms with Crippen molar-refractivity contribution in [2.45, 2.75) is 19.1 Å². The number of nitrogens with one attached hydrogen (secondary N) is 1. The second-order valence-corrected chi connectivity index (χ2v) is 7.61. The molecule has 1 aromatic rings. The summed E-state index contributed by atoms with van der Waals surface area (Å²) in [5.74, 6) is 4.53. The van der Waals surface area contributed by atoms with Gasteiger partial charge in [-0.25, -0.2) is 4.98 Å². The number of rotatable bonds is 4. The van der Waals surface area contributed by atoms with E-state index < -0.39 is 0 Å². The van der Waals surface area contributed by atoms with Gasteiger partial charge in [-0.1, -0.05) is 12.2 Å². The average Bonchev–Trinajstić information content (AvgIpc) is 2.36. The third-order valence-electron chi connectivity index (χ3n) is 2.97. The van der Waals surface area contributed by atoms with Gasteiger partial charge in [0.15, 0.2) is 0 Å². The summed E-state index contributed by atoms with van der Waals surface area (Å²) in [6.45, 7) is 4.94. The summed E-state index contributed by atoms with van der Waals surface area (Å²) in [6.07, 6.45) is 0. The maximum Gasteiger partial charge on any atom is 0.136 e. The number of thioether (sulfide) groups is 2. The highest BCUT2D eigenvalue weighted by Crippen LogP contribution is 2.25. The molecule has 1 aliphatic heterocycles. The Labute approximate surface area is 128 Å². The fourth-order valence-corrected chi connectivity index (χ4v) is 5.01. The number of nitrogens with two attached hydrogens (primary N) is 1. The van der Waals surface area contributed by atoms with Crippen LogP contribution in [0.2, 0.25) is 0 Å². The second-order valence-electron chi connectivity index (χ2n) is 4.62. The molecule has 2 rings (SSSR count). The molecule has 3 N–H and O–H groups in total. The number of aryl methyl sites for hydroxylation is 2. The van der Waals surface area contributed by atoms with Crippen molar-refractivity contribution in [2.75, 3.05) is 29.1 Å². The summed E-state index contributed by atoms with van der Waals surface area (Å²) in [5, 5.41) is 4.07. The molecule has 2 heterocycles. The van der Waals surface area contributed by atoms with Gasteiger partial charge in [-0.2, -0.15) is 23.5 Å². The van der Waals surface area contributed by atoms with Gasteiger partial charge in [-0.05, 0) is 25.5 Å². The summed E-state index contributed by atoms with van der Waals surface area (Å²) in [6, 6.07) is 2.02. The summed E-state index contributed by atoms with van der Waals surface area (Å²) in [4.78, 5) is 4.96. The molecule has 3 nitrogen and oxygen atoms in total. The van der Waals surface area contributed by atoms with E-state index in [2.05, 4.69) is 10.3 Å². The maximum absolute atomic E-state index is 5.82. The van der Waals surface area contributed by atoms with Crippen LogP contribution in [0.25, 0.3) is 0 Å². The van der Waals surface area contributed by atoms with Gasteiger partial charge in [0.25, 0.3) is 0 Å². The van der Waals surface area contributed by atoms with E-state index in [0.717, 1.165) is 29.2 Å². The van der Waals surface area contributed by atoms with Gasteiger partial charge in [0.1, 0.15) is 10.8 Å². The van der Waals surface area contributed by atoms with Gasteiger partial charge in [0.2, 0.25) is 0 Å². The fourth-order valence-electron chi connectivity index (χ4n) is 2.14. The van der Waals surface area contributed by atoms with E-state index >= 15 is 0 Å². The third-order valence-corrected chi connectivity index (χ3v) is 6.02. The van der Waals surface area contributed by atoms with Crippen LogP contribution in [-0.4, -0.2) is 39.0 Å². The summed E-state index contributed by atoms with van der Waals surface area (Å²) >= 11 is 9.19. The van der Waals surface area contributed by atoms with E-state index in [1.54, 1.807) is 0 Å². The van der Waals surface area contributed by atoms with Crippen molar-refractivity contribution in [3.05, 3.63) is 22.9 Å². The van der Waals surface area contributed by atoms with Crippen LogP contribution in [0.4, 0.5) is 5.82 Å². The Hall–Kier alpha value is -0.460. The minimum absolute atomic E-state index is 0.415. The Balaban J connectivity index is 2.12. The van der Waals surface area contributed by atoms with Gasteiger partial charge < -0.3 is 11.1 Å². The van der Waals surface area contributed by atoms with Crippen LogP contribution in [0, 0.1) is 13.8 Å². The number of pyridine rings is 1. The number of aromatic nitrogens is 1. The van der Waals surface area contributed by atoms with E-state index in [0.29, 0.717) is 10.2 Å². The fraction of sp³-hybridized carbons (Fsp3) is 0.538. The lowest BCUT2D eigenvalue weighted by Gasteiger charge is -2.22. The zero-order valence-electron chi connectivity index (χ0n) is 11.2. The molecule has 0 saturated carbocycles. The molecule has 0 radical (unpaired) electrons. The molecule has 1 aromatic heterocycles. The Morgan fingerprint density at radius 2 is 2.32 bits per heavy atom. The van der Waals surface area contributed by atoms with Crippen LogP contribution in [0.15, 0.2) is 6.07 Å². The SMILES string of the molecule is Cc1cc(C)c(C(N)=S)c(NCC2CSCCS2)n1. The second kappa shape index (κ2) is 6.81. The van der Waals surface area contributed by atoms with E-state index in [1.807, 2.05) is 43.4 Å². The molecule has 1 saturated heterocycles. The minimum Gasteiger partial charge on any atom is -0.389 e. The van der Waals surface area contributed by atoms with E-state index in [4.69, 9.17) is 18.0 Å². The molecule has 1 fully saturated rings. The van der Waals surface area contributed by atoms with Crippen LogP contribution >= 0.6 is 35.7 Å². The first kappa shape index (κ1) is 14.9. The van der Waals surface area contributed by atoms with Gasteiger partial charge >= 0.3 is 0 Å². The minimum atomic E-state index is 0.415. The maximum atomic E-state index is 5.82. The van der Waals surface area contributed by atoms with Crippen LogP contribution in [0.3, 0.4) is 0 Å². The first-order valence-electron chi connectivity index (χ1n) is 6.29. The average molecular weight is 314 g/mol. The molecule has 1 unspecified atom stereocenters. The van der Waals surface area contributed by atoms with E-state index in [1.165, 1.54) is 17.3 Å². The van der Waals surface area contributed by atoms with Crippen LogP contribution in [0.5, 0.6) is 0 Å². The summed E-state index contributed by atoms with van der Waals surface area (Å²) in [7, 11) is 0. The standard InChI is InChI=1S/C13H19N3S3/c1-8-5-9(2)16-13(11(8)12(14)17)15-6-10-7-18-3-4-19-10/h5,10H,3-4,6-7H2,1-2H3,(H2,14,17)(H,15,16). The van der Waals surface area contributed by atoms with Crippen molar-refractivity contribution in [3.63, 3.8) is 0 Å². The van der Waals surface area contributed by atoms with Crippen molar-refractivity contribution < 1.29 is 0 Å². The smallest absolute Gasteiger partial charge is 0.136 e. The van der Waals surface area contributed by atoms with Crippen LogP contribution in [-0.2, 0) is 0 Å². The first-order chi connectivity index (χ1) is 9.08. The Bertz CT molecular complexity index is 470. The van der Waals surface area contributed by atoms with Crippen LogP contribution in [0.1, 0.15) is 16.8 Å². The molecular formula is C13H19N3S3. The first-order valence-corrected chi connectivity index (χ1v) is 8.90. The van der Waals surface area contributed by atoms with Gasteiger partial charge in [-0.15, -0.1) is 0 Å². The van der Waals surface area contributed by atoms with Crippen LogP contribution < -0.4 is 11.1 Å². The van der Waals surface area contributed by atoms with E-state index in [-0.39, 0.29) is 0 Å². The van der Waals surface area contributed by atoms with Gasteiger partial charge in [-0.3, -0.25) is 0 Å². The molecule has 0 bridgehead atoms. The number of thiocarbonyl (C=S) groups is 1. The molecule has 0 amide bonds. The van der Waals surface area contributed by atoms with E-state index in [9.17, 15) is 0 Å². The number of hydrogen-bond donors (Lipinski definition) is 2. The third kappa shape index (κ3) is 4.00. The zero-order valence-corrected chi connectivity index (χ0v) is 13.7. The lowest BCUT2D eigenvalue weighted by atomic mass is 10.1. The highest BCUT2D eigenvalue weighted by atomic mass is 32.2. The highest BCUT2D eigenvalue weighted by Gasteiger charge is 2.16. The molecule has 0 spiro atoms. The monoisotopic (exact) mass is 313 g/mol. The van der Waals surface area contributed by atoms with Gasteiger partial charge in [0.05, 0.1) is 5.56 Å². The molecule has 1 aliphatic rings. The Morgan fingerprint density at radius 3 is 2.95 bits per heavy atom. The summed E-state index contributed by atoms with van der Waals surface area (Å²) < 4.78 is 0. The van der Waals surface area contributed by atoms with Crippen molar-refractivity contribution in [2.24, 2.45) is 5.73 Å². The Morgan fingerprint density at radius 1 is 1.53 bits per heavy atom. The zero-order chi connectivity index (χ0) is 13.8. The normalized spacial score (nSPS) is 19.2. The van der Waals surface area contributed by atoms with Crippen molar-refractivity contribution >= 4 is 46.5 Å². The number of hydrogen-bond acceptors (Lipinski definition) is 5. The number of nitrogens with zero attached hydrogens (tertiary/aromatic N) is 1.